The number of nitrogens with zero attached hydrogens (tertiary/aromatic N) is 6. The zero-order valence-electron chi connectivity index (χ0n) is 13.6. The van der Waals surface area contributed by atoms with Crippen molar-refractivity contribution in [3.63, 3.8) is 0 Å². The minimum atomic E-state index is -0.757. The molecule has 0 saturated carbocycles. The highest BCUT2D eigenvalue weighted by Crippen LogP contribution is 2.14. The summed E-state index contributed by atoms with van der Waals surface area (Å²) < 4.78 is 2.78. The van der Waals surface area contributed by atoms with Gasteiger partial charge in [0.05, 0.1) is 11.5 Å². The average molecular weight is 376 g/mol. The Balaban J connectivity index is 1.63. The van der Waals surface area contributed by atoms with Gasteiger partial charge in [0.15, 0.2) is 0 Å². The van der Waals surface area contributed by atoms with Crippen LogP contribution in [0.3, 0.4) is 0 Å². The largest absolute Gasteiger partial charge is 0.307 e. The number of anilines is 1. The summed E-state index contributed by atoms with van der Waals surface area (Å²) in [6, 6.07) is 6.54. The number of aromatic nitrogens is 5. The minimum Gasteiger partial charge on any atom is -0.291 e. The topological polar surface area (TPSA) is 121 Å². The van der Waals surface area contributed by atoms with E-state index in [-0.39, 0.29) is 11.6 Å². The number of carbonyl (C=O) groups excluding carboxylic acids is 1. The molecule has 11 heteroatoms. The van der Waals surface area contributed by atoms with Gasteiger partial charge in [-0.25, -0.2) is 9.67 Å². The maximum Gasteiger partial charge on any atom is 0.307 e. The van der Waals surface area contributed by atoms with Crippen molar-refractivity contribution in [3.05, 3.63) is 63.7 Å². The molecule has 2 aromatic heterocycles. The van der Waals surface area contributed by atoms with Gasteiger partial charge in [0, 0.05) is 5.02 Å². The van der Waals surface area contributed by atoms with Crippen LogP contribution in [0.4, 0.5) is 11.6 Å². The molecule has 26 heavy (non-hydrogen) atoms. The molecule has 0 bridgehead atoms. The Morgan fingerprint density at radius 3 is 2.77 bits per heavy atom. The predicted molar refractivity (Wildman–Crippen MR) is 92.8 cm³/mol. The molecule has 1 atom stereocenters. The van der Waals surface area contributed by atoms with Crippen molar-refractivity contribution in [1.82, 2.24) is 24.5 Å². The van der Waals surface area contributed by atoms with Crippen LogP contribution in [-0.4, -0.2) is 35.4 Å². The second kappa shape index (κ2) is 7.31. The first-order valence-corrected chi connectivity index (χ1v) is 7.93. The first-order valence-electron chi connectivity index (χ1n) is 7.55. The van der Waals surface area contributed by atoms with Gasteiger partial charge < -0.3 is 0 Å². The Kier molecular flexibility index (Phi) is 4.94. The highest BCUT2D eigenvalue weighted by atomic mass is 35.5. The van der Waals surface area contributed by atoms with E-state index in [1.807, 2.05) is 12.1 Å². The highest BCUT2D eigenvalue weighted by Gasteiger charge is 2.20. The van der Waals surface area contributed by atoms with Crippen molar-refractivity contribution in [2.45, 2.75) is 19.5 Å². The lowest BCUT2D eigenvalue weighted by molar-refractivity contribution is -0.385. The lowest BCUT2D eigenvalue weighted by Crippen LogP contribution is -2.24. The van der Waals surface area contributed by atoms with E-state index < -0.39 is 16.9 Å². The summed E-state index contributed by atoms with van der Waals surface area (Å²) in [7, 11) is 0. The van der Waals surface area contributed by atoms with E-state index >= 15 is 0 Å². The summed E-state index contributed by atoms with van der Waals surface area (Å²) >= 11 is 5.85. The van der Waals surface area contributed by atoms with Gasteiger partial charge in [-0.1, -0.05) is 23.7 Å². The van der Waals surface area contributed by atoms with Crippen molar-refractivity contribution >= 4 is 29.1 Å². The molecule has 0 saturated heterocycles. The molecule has 0 radical (unpaired) electrons. The molecule has 0 aliphatic heterocycles. The summed E-state index contributed by atoms with van der Waals surface area (Å²) in [6.45, 7) is 2.04. The third kappa shape index (κ3) is 4.03. The number of carbonyl (C=O) groups is 1. The van der Waals surface area contributed by atoms with Gasteiger partial charge in [-0.05, 0) is 24.6 Å². The van der Waals surface area contributed by atoms with E-state index in [0.29, 0.717) is 11.6 Å². The molecule has 10 nitrogen and oxygen atoms in total. The van der Waals surface area contributed by atoms with Crippen LogP contribution in [0.1, 0.15) is 18.5 Å². The number of hydrogen-bond donors (Lipinski definition) is 1. The number of nitro groups is 1. The molecule has 1 unspecified atom stereocenters. The second-order valence-electron chi connectivity index (χ2n) is 5.49. The SMILES string of the molecule is CC(C(=O)Nc1ncn(Cc2ccc(Cl)cc2)n1)n1cc([N+](=O)[O-])cn1. The van der Waals surface area contributed by atoms with Crippen molar-refractivity contribution in [1.29, 1.82) is 0 Å². The Bertz CT molecular complexity index is 935. The summed E-state index contributed by atoms with van der Waals surface area (Å²) in [5.74, 6) is -0.301. The summed E-state index contributed by atoms with van der Waals surface area (Å²) in [4.78, 5) is 26.4. The molecule has 134 valence electrons. The molecule has 0 fully saturated rings. The molecule has 1 N–H and O–H groups in total. The Labute approximate surface area is 152 Å². The Morgan fingerprint density at radius 2 is 2.12 bits per heavy atom. The number of nitrogens with one attached hydrogen (secondary N) is 1. The lowest BCUT2D eigenvalue weighted by atomic mass is 10.2. The Morgan fingerprint density at radius 1 is 1.38 bits per heavy atom. The van der Waals surface area contributed by atoms with E-state index in [1.165, 1.54) is 17.2 Å². The lowest BCUT2D eigenvalue weighted by Gasteiger charge is -2.10. The van der Waals surface area contributed by atoms with E-state index in [2.05, 4.69) is 20.5 Å². The van der Waals surface area contributed by atoms with Gasteiger partial charge in [-0.15, -0.1) is 5.10 Å². The van der Waals surface area contributed by atoms with E-state index in [0.717, 1.165) is 11.8 Å². The van der Waals surface area contributed by atoms with E-state index in [4.69, 9.17) is 11.6 Å². The molecular weight excluding hydrogens is 362 g/mol. The molecule has 0 aliphatic rings. The normalized spacial score (nSPS) is 11.9. The van der Waals surface area contributed by atoms with Crippen molar-refractivity contribution in [3.8, 4) is 0 Å². The molecule has 3 aromatic rings. The van der Waals surface area contributed by atoms with Gasteiger partial charge in [-0.2, -0.15) is 5.10 Å². The van der Waals surface area contributed by atoms with E-state index in [9.17, 15) is 14.9 Å². The fourth-order valence-corrected chi connectivity index (χ4v) is 2.30. The maximum atomic E-state index is 12.3. The smallest absolute Gasteiger partial charge is 0.291 e. The number of halogens is 1. The maximum absolute atomic E-state index is 12.3. The molecule has 1 amide bonds. The van der Waals surface area contributed by atoms with Crippen LogP contribution in [0.5, 0.6) is 0 Å². The van der Waals surface area contributed by atoms with Gasteiger partial charge in [-0.3, -0.25) is 24.9 Å². The third-order valence-corrected chi connectivity index (χ3v) is 3.86. The number of hydrogen-bond acceptors (Lipinski definition) is 6. The van der Waals surface area contributed by atoms with E-state index in [1.54, 1.807) is 23.7 Å². The van der Waals surface area contributed by atoms with Crippen molar-refractivity contribution in [2.75, 3.05) is 5.32 Å². The van der Waals surface area contributed by atoms with Crippen molar-refractivity contribution in [2.24, 2.45) is 0 Å². The summed E-state index contributed by atoms with van der Waals surface area (Å²) in [5.41, 5.74) is 0.796. The van der Waals surface area contributed by atoms with Crippen LogP contribution in [0.15, 0.2) is 43.0 Å². The predicted octanol–water partition coefficient (Wildman–Crippen LogP) is 2.28. The average Bonchev–Trinajstić information content (AvgIpc) is 3.26. The molecular formula is C15H14ClN7O3. The van der Waals surface area contributed by atoms with Gasteiger partial charge >= 0.3 is 5.69 Å². The zero-order chi connectivity index (χ0) is 18.7. The van der Waals surface area contributed by atoms with Crippen LogP contribution in [0, 0.1) is 10.1 Å². The second-order valence-corrected chi connectivity index (χ2v) is 5.93. The first kappa shape index (κ1) is 17.5. The minimum absolute atomic E-state index is 0.137. The standard InChI is InChI=1S/C15H14ClN7O3/c1-10(22-8-13(6-18-22)23(25)26)14(24)19-15-17-9-21(20-15)7-11-2-4-12(16)5-3-11/h2-6,8-10H,7H2,1H3,(H,19,20,24). The fraction of sp³-hybridized carbons (Fsp3) is 0.200. The molecule has 0 aliphatic carbocycles. The third-order valence-electron chi connectivity index (χ3n) is 3.60. The molecule has 0 spiro atoms. The number of amides is 1. The van der Waals surface area contributed by atoms with Crippen LogP contribution in [0.2, 0.25) is 5.02 Å². The first-order chi connectivity index (χ1) is 12.4. The van der Waals surface area contributed by atoms with Crippen LogP contribution in [-0.2, 0) is 11.3 Å². The molecule has 2 heterocycles. The Hall–Kier alpha value is -3.27. The van der Waals surface area contributed by atoms with Crippen LogP contribution in [0.25, 0.3) is 0 Å². The van der Waals surface area contributed by atoms with Crippen LogP contribution >= 0.6 is 11.6 Å². The fourth-order valence-electron chi connectivity index (χ4n) is 2.17. The van der Waals surface area contributed by atoms with Crippen LogP contribution < -0.4 is 5.32 Å². The van der Waals surface area contributed by atoms with Gasteiger partial charge in [0.1, 0.15) is 24.8 Å². The highest BCUT2D eigenvalue weighted by molar-refractivity contribution is 6.30. The monoisotopic (exact) mass is 375 g/mol. The number of benzene rings is 1. The zero-order valence-corrected chi connectivity index (χ0v) is 14.4. The molecule has 3 rings (SSSR count). The van der Waals surface area contributed by atoms with Crippen molar-refractivity contribution < 1.29 is 9.72 Å². The summed E-state index contributed by atoms with van der Waals surface area (Å²) in [6.07, 6.45) is 3.77. The summed E-state index contributed by atoms with van der Waals surface area (Å²) in [5, 5.41) is 21.9. The quantitative estimate of drug-likeness (QED) is 0.521. The van der Waals surface area contributed by atoms with Gasteiger partial charge in [0.2, 0.25) is 5.95 Å². The number of rotatable bonds is 6. The molecule has 1 aromatic carbocycles. The van der Waals surface area contributed by atoms with Gasteiger partial charge in [0.25, 0.3) is 5.91 Å².